The van der Waals surface area contributed by atoms with Gasteiger partial charge >= 0.3 is 5.97 Å². The van der Waals surface area contributed by atoms with Crippen LogP contribution in [0.3, 0.4) is 0 Å². The van der Waals surface area contributed by atoms with Crippen LogP contribution in [0.2, 0.25) is 0 Å². The van der Waals surface area contributed by atoms with Crippen molar-refractivity contribution in [1.82, 2.24) is 10.2 Å². The summed E-state index contributed by atoms with van der Waals surface area (Å²) in [5.41, 5.74) is 0.458. The molecule has 0 fully saturated rings. The van der Waals surface area contributed by atoms with Crippen LogP contribution in [-0.4, -0.2) is 33.0 Å². The molecule has 3 rings (SSSR count). The number of hydrogen-bond donors (Lipinski definition) is 0. The molecule has 8 heteroatoms. The molecule has 1 unspecified atom stereocenters. The number of benzene rings is 2. The Balaban J connectivity index is 1.69. The minimum atomic E-state index is -1.06. The maximum Gasteiger partial charge on any atom is 0.332 e. The van der Waals surface area contributed by atoms with Crippen molar-refractivity contribution in [2.24, 2.45) is 0 Å². The first-order chi connectivity index (χ1) is 15.2. The second-order valence-electron chi connectivity index (χ2n) is 6.71. The summed E-state index contributed by atoms with van der Waals surface area (Å²) in [5.74, 6) is 0.464. The van der Waals surface area contributed by atoms with Crippen LogP contribution in [0.1, 0.15) is 43.0 Å². The standard InChI is InChI=1S/C23H24N2O3S3/c1-2-3-4-11-16-29-22-24-25-23(31-22)30-20(19(26)17-12-7-5-8-13-17)21(27)28-18-14-9-6-10-15-18/h5-10,12-15,20H,2-4,11,16H2,1H3. The molecule has 3 aromatic rings. The number of ketones is 1. The summed E-state index contributed by atoms with van der Waals surface area (Å²) in [6.07, 6.45) is 4.80. The summed E-state index contributed by atoms with van der Waals surface area (Å²) >= 11 is 4.16. The fourth-order valence-corrected chi connectivity index (χ4v) is 5.92. The highest BCUT2D eigenvalue weighted by Gasteiger charge is 2.32. The van der Waals surface area contributed by atoms with Crippen molar-refractivity contribution in [3.63, 3.8) is 0 Å². The van der Waals surface area contributed by atoms with Gasteiger partial charge in [0, 0.05) is 11.3 Å². The Morgan fingerprint density at radius 2 is 1.61 bits per heavy atom. The summed E-state index contributed by atoms with van der Waals surface area (Å²) < 4.78 is 6.90. The number of unbranched alkanes of at least 4 members (excludes halogenated alkanes) is 3. The zero-order chi connectivity index (χ0) is 21.9. The molecule has 1 atom stereocenters. The molecule has 31 heavy (non-hydrogen) atoms. The second-order valence-corrected chi connectivity index (χ2v) is 10.4. The van der Waals surface area contributed by atoms with E-state index in [0.717, 1.165) is 28.3 Å². The first-order valence-electron chi connectivity index (χ1n) is 10.2. The number of rotatable bonds is 12. The minimum absolute atomic E-state index is 0.310. The molecule has 2 aromatic carbocycles. The maximum absolute atomic E-state index is 13.1. The minimum Gasteiger partial charge on any atom is -0.425 e. The Bertz CT molecular complexity index is 964. The Hall–Kier alpha value is -2.16. The third-order valence-electron chi connectivity index (χ3n) is 4.30. The third kappa shape index (κ3) is 7.48. The highest BCUT2D eigenvalue weighted by molar-refractivity contribution is 8.04. The fourth-order valence-electron chi connectivity index (χ4n) is 2.71. The number of thioether (sulfide) groups is 2. The van der Waals surface area contributed by atoms with Gasteiger partial charge in [-0.05, 0) is 18.6 Å². The number of aromatic nitrogens is 2. The highest BCUT2D eigenvalue weighted by Crippen LogP contribution is 2.33. The van der Waals surface area contributed by atoms with Crippen LogP contribution in [0.15, 0.2) is 69.3 Å². The van der Waals surface area contributed by atoms with Gasteiger partial charge in [-0.3, -0.25) is 4.79 Å². The lowest BCUT2D eigenvalue weighted by atomic mass is 10.1. The third-order valence-corrected chi connectivity index (χ3v) is 7.70. The average molecular weight is 473 g/mol. The van der Waals surface area contributed by atoms with Gasteiger partial charge in [-0.2, -0.15) is 0 Å². The number of Topliss-reactive ketones (excluding diaryl/α,β-unsaturated/α-hetero) is 1. The van der Waals surface area contributed by atoms with Crippen molar-refractivity contribution in [2.75, 3.05) is 5.75 Å². The van der Waals surface area contributed by atoms with E-state index < -0.39 is 11.2 Å². The van der Waals surface area contributed by atoms with Crippen LogP contribution in [-0.2, 0) is 4.79 Å². The zero-order valence-corrected chi connectivity index (χ0v) is 19.7. The van der Waals surface area contributed by atoms with Crippen molar-refractivity contribution in [3.8, 4) is 5.75 Å². The quantitative estimate of drug-likeness (QED) is 0.0781. The molecule has 1 aromatic heterocycles. The second kappa shape index (κ2) is 12.6. The van der Waals surface area contributed by atoms with Crippen LogP contribution in [0.4, 0.5) is 0 Å². The monoisotopic (exact) mass is 472 g/mol. The van der Waals surface area contributed by atoms with E-state index in [4.69, 9.17) is 4.74 Å². The highest BCUT2D eigenvalue weighted by atomic mass is 32.2. The summed E-state index contributed by atoms with van der Waals surface area (Å²) in [5, 5.41) is 7.34. The van der Waals surface area contributed by atoms with Gasteiger partial charge in [-0.15, -0.1) is 10.2 Å². The number of carbonyl (C=O) groups excluding carboxylic acids is 2. The van der Waals surface area contributed by atoms with Crippen molar-refractivity contribution in [3.05, 3.63) is 66.2 Å². The lowest BCUT2D eigenvalue weighted by Gasteiger charge is -2.13. The van der Waals surface area contributed by atoms with Gasteiger partial charge < -0.3 is 4.74 Å². The van der Waals surface area contributed by atoms with Crippen LogP contribution in [0, 0.1) is 0 Å². The SMILES string of the molecule is CCCCCCSc1nnc(SC(C(=O)Oc2ccccc2)C(=O)c2ccccc2)s1. The maximum atomic E-state index is 13.1. The smallest absolute Gasteiger partial charge is 0.332 e. The van der Waals surface area contributed by atoms with Crippen molar-refractivity contribution in [1.29, 1.82) is 0 Å². The van der Waals surface area contributed by atoms with Crippen LogP contribution < -0.4 is 4.74 Å². The van der Waals surface area contributed by atoms with Gasteiger partial charge in [0.05, 0.1) is 0 Å². The summed E-state index contributed by atoms with van der Waals surface area (Å²) in [6, 6.07) is 17.5. The van der Waals surface area contributed by atoms with Crippen LogP contribution in [0.5, 0.6) is 5.75 Å². The molecule has 0 aliphatic carbocycles. The predicted octanol–water partition coefficient (Wildman–Crippen LogP) is 6.16. The molecular weight excluding hydrogens is 448 g/mol. The van der Waals surface area contributed by atoms with E-state index in [1.54, 1.807) is 60.3 Å². The average Bonchev–Trinajstić information content (AvgIpc) is 3.25. The molecule has 0 saturated heterocycles. The molecule has 1 heterocycles. The normalized spacial score (nSPS) is 11.8. The van der Waals surface area contributed by atoms with Crippen LogP contribution in [0.25, 0.3) is 0 Å². The molecule has 0 N–H and O–H groups in total. The predicted molar refractivity (Wildman–Crippen MR) is 127 cm³/mol. The van der Waals surface area contributed by atoms with Crippen molar-refractivity contribution < 1.29 is 14.3 Å². The number of carbonyl (C=O) groups is 2. The molecule has 162 valence electrons. The van der Waals surface area contributed by atoms with Crippen molar-refractivity contribution >= 4 is 46.6 Å². The van der Waals surface area contributed by atoms with Gasteiger partial charge in [-0.25, -0.2) is 4.79 Å². The Morgan fingerprint density at radius 3 is 2.32 bits per heavy atom. The molecule has 0 amide bonds. The Morgan fingerprint density at radius 1 is 0.935 bits per heavy atom. The Labute approximate surface area is 195 Å². The summed E-state index contributed by atoms with van der Waals surface area (Å²) in [7, 11) is 0. The lowest BCUT2D eigenvalue weighted by molar-refractivity contribution is -0.132. The first kappa shape index (κ1) is 23.5. The van der Waals surface area contributed by atoms with Crippen LogP contribution >= 0.6 is 34.9 Å². The first-order valence-corrected chi connectivity index (χ1v) is 12.8. The molecule has 0 saturated carbocycles. The molecule has 0 aliphatic heterocycles. The van der Waals surface area contributed by atoms with Crippen molar-refractivity contribution in [2.45, 2.75) is 46.5 Å². The molecule has 0 bridgehead atoms. The zero-order valence-electron chi connectivity index (χ0n) is 17.2. The number of para-hydroxylation sites is 1. The molecule has 5 nitrogen and oxygen atoms in total. The van der Waals surface area contributed by atoms with E-state index in [2.05, 4.69) is 17.1 Å². The van der Waals surface area contributed by atoms with E-state index in [9.17, 15) is 9.59 Å². The van der Waals surface area contributed by atoms with E-state index in [-0.39, 0.29) is 5.78 Å². The largest absolute Gasteiger partial charge is 0.425 e. The Kier molecular flexibility index (Phi) is 9.58. The van der Waals surface area contributed by atoms with Gasteiger partial charge in [0.2, 0.25) is 0 Å². The van der Waals surface area contributed by atoms with Gasteiger partial charge in [0.25, 0.3) is 0 Å². The number of esters is 1. The molecule has 0 aliphatic rings. The van der Waals surface area contributed by atoms with E-state index in [1.807, 2.05) is 12.1 Å². The van der Waals surface area contributed by atoms with Gasteiger partial charge in [0.15, 0.2) is 19.7 Å². The lowest BCUT2D eigenvalue weighted by Crippen LogP contribution is -2.31. The number of nitrogens with zero attached hydrogens (tertiary/aromatic N) is 2. The summed E-state index contributed by atoms with van der Waals surface area (Å²) in [4.78, 5) is 26.0. The molecular formula is C23H24N2O3S3. The fraction of sp³-hybridized carbons (Fsp3) is 0.304. The molecule has 0 radical (unpaired) electrons. The van der Waals surface area contributed by atoms with Gasteiger partial charge in [0.1, 0.15) is 5.75 Å². The van der Waals surface area contributed by atoms with Gasteiger partial charge in [-0.1, -0.05) is 110 Å². The summed E-state index contributed by atoms with van der Waals surface area (Å²) in [6.45, 7) is 2.19. The van der Waals surface area contributed by atoms with E-state index >= 15 is 0 Å². The molecule has 0 spiro atoms. The number of hydrogen-bond acceptors (Lipinski definition) is 8. The van der Waals surface area contributed by atoms with E-state index in [0.29, 0.717) is 15.7 Å². The number of ether oxygens (including phenoxy) is 1. The topological polar surface area (TPSA) is 69.2 Å². The van der Waals surface area contributed by atoms with E-state index in [1.165, 1.54) is 30.6 Å².